The van der Waals surface area contributed by atoms with Gasteiger partial charge in [0.1, 0.15) is 18.1 Å². The van der Waals surface area contributed by atoms with Gasteiger partial charge in [0, 0.05) is 18.4 Å². The van der Waals surface area contributed by atoms with E-state index in [1.807, 2.05) is 0 Å². The Morgan fingerprint density at radius 2 is 2.15 bits per heavy atom. The second kappa shape index (κ2) is 5.74. The summed E-state index contributed by atoms with van der Waals surface area (Å²) in [5.41, 5.74) is 0.611. The van der Waals surface area contributed by atoms with Crippen LogP contribution in [0.15, 0.2) is 18.2 Å². The molecule has 1 spiro atoms. The largest absolute Gasteiger partial charge is 0.489 e. The van der Waals surface area contributed by atoms with Crippen molar-refractivity contribution in [2.75, 3.05) is 6.61 Å². The fourth-order valence-corrected chi connectivity index (χ4v) is 3.55. The Hall–Kier alpha value is -1.06. The van der Waals surface area contributed by atoms with E-state index in [2.05, 4.69) is 0 Å². The third-order valence-electron chi connectivity index (χ3n) is 4.35. The van der Waals surface area contributed by atoms with E-state index in [4.69, 9.17) is 21.1 Å². The SMILES string of the molecule is O=Cc1ccc(OC2CCOC3(CCCC3)C2)c(Cl)c1. The fraction of sp³-hybridized carbons (Fsp3) is 0.562. The molecular weight excluding hydrogens is 276 g/mol. The predicted molar refractivity (Wildman–Crippen MR) is 77.6 cm³/mol. The normalized spacial score (nSPS) is 24.8. The van der Waals surface area contributed by atoms with E-state index in [9.17, 15) is 4.79 Å². The second-order valence-corrected chi connectivity index (χ2v) is 6.19. The van der Waals surface area contributed by atoms with Crippen molar-refractivity contribution >= 4 is 17.9 Å². The number of carbonyl (C=O) groups is 1. The number of aldehydes is 1. The molecule has 3 rings (SSSR count). The molecule has 2 aliphatic rings. The van der Waals surface area contributed by atoms with Crippen molar-refractivity contribution < 1.29 is 14.3 Å². The fourth-order valence-electron chi connectivity index (χ4n) is 3.32. The highest BCUT2D eigenvalue weighted by Gasteiger charge is 2.40. The number of hydrogen-bond donors (Lipinski definition) is 0. The van der Waals surface area contributed by atoms with E-state index in [1.54, 1.807) is 18.2 Å². The molecule has 108 valence electrons. The highest BCUT2D eigenvalue weighted by Crippen LogP contribution is 2.41. The summed E-state index contributed by atoms with van der Waals surface area (Å²) in [6.07, 6.45) is 7.57. The van der Waals surface area contributed by atoms with Crippen LogP contribution in [0.3, 0.4) is 0 Å². The molecule has 1 aromatic rings. The third kappa shape index (κ3) is 2.84. The monoisotopic (exact) mass is 294 g/mol. The maximum atomic E-state index is 10.7. The van der Waals surface area contributed by atoms with Gasteiger partial charge in [0.25, 0.3) is 0 Å². The Kier molecular flexibility index (Phi) is 3.99. The molecule has 0 aromatic heterocycles. The molecule has 4 heteroatoms. The third-order valence-corrected chi connectivity index (χ3v) is 4.64. The lowest BCUT2D eigenvalue weighted by atomic mass is 9.90. The predicted octanol–water partition coefficient (Wildman–Crippen LogP) is 4.02. The summed E-state index contributed by atoms with van der Waals surface area (Å²) in [7, 11) is 0. The van der Waals surface area contributed by atoms with Crippen LogP contribution >= 0.6 is 11.6 Å². The summed E-state index contributed by atoms with van der Waals surface area (Å²) in [6.45, 7) is 0.759. The summed E-state index contributed by atoms with van der Waals surface area (Å²) in [6, 6.07) is 5.16. The van der Waals surface area contributed by atoms with Gasteiger partial charge in [-0.3, -0.25) is 4.79 Å². The molecule has 0 amide bonds. The molecule has 2 fully saturated rings. The zero-order valence-corrected chi connectivity index (χ0v) is 12.2. The molecule has 1 saturated heterocycles. The van der Waals surface area contributed by atoms with Crippen molar-refractivity contribution in [3.8, 4) is 5.75 Å². The summed E-state index contributed by atoms with van der Waals surface area (Å²) < 4.78 is 12.0. The smallest absolute Gasteiger partial charge is 0.150 e. The van der Waals surface area contributed by atoms with Gasteiger partial charge in [-0.25, -0.2) is 0 Å². The Labute approximate surface area is 124 Å². The first-order chi connectivity index (χ1) is 9.71. The first kappa shape index (κ1) is 13.9. The van der Waals surface area contributed by atoms with Gasteiger partial charge < -0.3 is 9.47 Å². The number of rotatable bonds is 3. The molecule has 1 aliphatic carbocycles. The van der Waals surface area contributed by atoms with Gasteiger partial charge in [-0.1, -0.05) is 24.4 Å². The van der Waals surface area contributed by atoms with Crippen LogP contribution in [0.25, 0.3) is 0 Å². The van der Waals surface area contributed by atoms with Gasteiger partial charge >= 0.3 is 0 Å². The van der Waals surface area contributed by atoms with Crippen LogP contribution in [0, 0.1) is 0 Å². The van der Waals surface area contributed by atoms with Crippen molar-refractivity contribution in [1.29, 1.82) is 0 Å². The minimum Gasteiger partial charge on any atom is -0.489 e. The van der Waals surface area contributed by atoms with Crippen LogP contribution in [-0.2, 0) is 4.74 Å². The van der Waals surface area contributed by atoms with E-state index in [1.165, 1.54) is 12.8 Å². The van der Waals surface area contributed by atoms with Gasteiger partial charge in [0.2, 0.25) is 0 Å². The highest BCUT2D eigenvalue weighted by atomic mass is 35.5. The minimum absolute atomic E-state index is 0.0398. The molecule has 3 nitrogen and oxygen atoms in total. The van der Waals surface area contributed by atoms with Crippen LogP contribution in [0.4, 0.5) is 0 Å². The van der Waals surface area contributed by atoms with Crippen LogP contribution < -0.4 is 4.74 Å². The molecule has 1 heterocycles. The molecule has 20 heavy (non-hydrogen) atoms. The van der Waals surface area contributed by atoms with Crippen molar-refractivity contribution in [3.63, 3.8) is 0 Å². The zero-order valence-electron chi connectivity index (χ0n) is 11.4. The van der Waals surface area contributed by atoms with E-state index >= 15 is 0 Å². The Balaban J connectivity index is 1.69. The molecular formula is C16H19ClO3. The zero-order chi connectivity index (χ0) is 14.0. The van der Waals surface area contributed by atoms with E-state index in [-0.39, 0.29) is 11.7 Å². The van der Waals surface area contributed by atoms with Gasteiger partial charge in [-0.05, 0) is 31.0 Å². The van der Waals surface area contributed by atoms with Crippen LogP contribution in [0.5, 0.6) is 5.75 Å². The maximum absolute atomic E-state index is 10.7. The molecule has 1 aromatic carbocycles. The summed E-state index contributed by atoms with van der Waals surface area (Å²) in [5.74, 6) is 0.664. The molecule has 1 aliphatic heterocycles. The van der Waals surface area contributed by atoms with Gasteiger partial charge in [0.15, 0.2) is 0 Å². The molecule has 0 bridgehead atoms. The summed E-state index contributed by atoms with van der Waals surface area (Å²) >= 11 is 6.16. The van der Waals surface area contributed by atoms with Crippen molar-refractivity contribution in [3.05, 3.63) is 28.8 Å². The molecule has 1 atom stereocenters. The van der Waals surface area contributed by atoms with E-state index in [0.717, 1.165) is 38.6 Å². The van der Waals surface area contributed by atoms with Gasteiger partial charge in [-0.2, -0.15) is 0 Å². The first-order valence-corrected chi connectivity index (χ1v) is 7.64. The lowest BCUT2D eigenvalue weighted by Gasteiger charge is -2.38. The van der Waals surface area contributed by atoms with Crippen LogP contribution in [-0.4, -0.2) is 24.6 Å². The van der Waals surface area contributed by atoms with Crippen LogP contribution in [0.1, 0.15) is 48.9 Å². The number of halogens is 1. The lowest BCUT2D eigenvalue weighted by Crippen LogP contribution is -2.41. The molecule has 0 N–H and O–H groups in total. The highest BCUT2D eigenvalue weighted by molar-refractivity contribution is 6.32. The second-order valence-electron chi connectivity index (χ2n) is 5.78. The molecule has 1 unspecified atom stereocenters. The average Bonchev–Trinajstić information content (AvgIpc) is 2.89. The number of ether oxygens (including phenoxy) is 2. The summed E-state index contributed by atoms with van der Waals surface area (Å²) in [5, 5.41) is 0.501. The van der Waals surface area contributed by atoms with E-state index in [0.29, 0.717) is 16.3 Å². The first-order valence-electron chi connectivity index (χ1n) is 7.26. The Morgan fingerprint density at radius 1 is 1.35 bits per heavy atom. The van der Waals surface area contributed by atoms with Crippen molar-refractivity contribution in [2.24, 2.45) is 0 Å². The lowest BCUT2D eigenvalue weighted by molar-refractivity contribution is -0.108. The topological polar surface area (TPSA) is 35.5 Å². The van der Waals surface area contributed by atoms with Gasteiger partial charge in [-0.15, -0.1) is 0 Å². The van der Waals surface area contributed by atoms with Crippen molar-refractivity contribution in [1.82, 2.24) is 0 Å². The Bertz CT molecular complexity index is 494. The maximum Gasteiger partial charge on any atom is 0.150 e. The van der Waals surface area contributed by atoms with Gasteiger partial charge in [0.05, 0.1) is 17.2 Å². The van der Waals surface area contributed by atoms with Crippen molar-refractivity contribution in [2.45, 2.75) is 50.2 Å². The number of carbonyl (C=O) groups excluding carboxylic acids is 1. The summed E-state index contributed by atoms with van der Waals surface area (Å²) in [4.78, 5) is 10.7. The Morgan fingerprint density at radius 3 is 2.85 bits per heavy atom. The minimum atomic E-state index is 0.0398. The number of benzene rings is 1. The quantitative estimate of drug-likeness (QED) is 0.790. The number of hydrogen-bond acceptors (Lipinski definition) is 3. The molecule has 0 radical (unpaired) electrons. The average molecular weight is 295 g/mol. The van der Waals surface area contributed by atoms with Crippen LogP contribution in [0.2, 0.25) is 5.02 Å². The standard InChI is InChI=1S/C16H19ClO3/c17-14-9-12(11-18)3-4-15(14)20-13-5-8-19-16(10-13)6-1-2-7-16/h3-4,9,11,13H,1-2,5-8,10H2. The molecule has 1 saturated carbocycles. The van der Waals surface area contributed by atoms with E-state index < -0.39 is 0 Å².